The van der Waals surface area contributed by atoms with Crippen LogP contribution in [0.2, 0.25) is 0 Å². The first-order valence-corrected chi connectivity index (χ1v) is 12.9. The lowest BCUT2D eigenvalue weighted by Gasteiger charge is -2.18. The third kappa shape index (κ3) is 4.55. The lowest BCUT2D eigenvalue weighted by Crippen LogP contribution is -2.05. The number of fused-ring (bicyclic) bond motifs is 2. The van der Waals surface area contributed by atoms with Crippen LogP contribution in [0.3, 0.4) is 0 Å². The summed E-state index contributed by atoms with van der Waals surface area (Å²) < 4.78 is 28.6. The summed E-state index contributed by atoms with van der Waals surface area (Å²) in [4.78, 5) is 26.7. The van der Waals surface area contributed by atoms with Crippen molar-refractivity contribution >= 4 is 21.9 Å². The molecule has 0 atom stereocenters. The van der Waals surface area contributed by atoms with Gasteiger partial charge in [0.15, 0.2) is 16.4 Å². The molecule has 43 heavy (non-hydrogen) atoms. The summed E-state index contributed by atoms with van der Waals surface area (Å²) in [6.45, 7) is 0. The van der Waals surface area contributed by atoms with E-state index in [0.29, 0.717) is 16.9 Å². The first kappa shape index (κ1) is 27.3. The van der Waals surface area contributed by atoms with Crippen molar-refractivity contribution in [2.24, 2.45) is 0 Å². The highest BCUT2D eigenvalue weighted by atomic mass is 16.5. The number of ether oxygens (including phenoxy) is 3. The molecule has 6 rings (SSSR count). The first-order valence-electron chi connectivity index (χ1n) is 12.9. The van der Waals surface area contributed by atoms with Crippen molar-refractivity contribution in [3.05, 3.63) is 93.2 Å². The van der Waals surface area contributed by atoms with Crippen LogP contribution in [0.1, 0.15) is 0 Å². The van der Waals surface area contributed by atoms with E-state index >= 15 is 0 Å². The van der Waals surface area contributed by atoms with Gasteiger partial charge in [-0.05, 0) is 48.5 Å². The Kier molecular flexibility index (Phi) is 6.66. The van der Waals surface area contributed by atoms with Gasteiger partial charge in [0.1, 0.15) is 62.4 Å². The maximum Gasteiger partial charge on any atom is 0.197 e. The average molecular weight is 581 g/mol. The van der Waals surface area contributed by atoms with Crippen molar-refractivity contribution < 1.29 is 38.4 Å². The Morgan fingerprint density at radius 2 is 1.16 bits per heavy atom. The molecule has 10 nitrogen and oxygen atoms in total. The van der Waals surface area contributed by atoms with Crippen molar-refractivity contribution in [1.29, 1.82) is 0 Å². The van der Waals surface area contributed by atoms with Crippen LogP contribution in [0, 0.1) is 0 Å². The van der Waals surface area contributed by atoms with Gasteiger partial charge in [-0.25, -0.2) is 0 Å². The average Bonchev–Trinajstić information content (AvgIpc) is 3.01. The fraction of sp³-hybridized carbons (Fsp3) is 0.0909. The molecule has 3 N–H and O–H groups in total. The van der Waals surface area contributed by atoms with Crippen LogP contribution in [-0.4, -0.2) is 36.6 Å². The minimum absolute atomic E-state index is 0.0201. The van der Waals surface area contributed by atoms with E-state index in [2.05, 4.69) is 0 Å². The normalized spacial score (nSPS) is 11.1. The Morgan fingerprint density at radius 1 is 0.605 bits per heavy atom. The van der Waals surface area contributed by atoms with E-state index in [4.69, 9.17) is 23.0 Å². The van der Waals surface area contributed by atoms with E-state index in [9.17, 15) is 24.9 Å². The number of benzene rings is 4. The number of methoxy groups -OCH3 is 3. The molecule has 0 fully saturated rings. The van der Waals surface area contributed by atoms with Crippen LogP contribution >= 0.6 is 0 Å². The fourth-order valence-corrected chi connectivity index (χ4v) is 5.04. The first-order chi connectivity index (χ1) is 20.7. The third-order valence-electron chi connectivity index (χ3n) is 7.12. The van der Waals surface area contributed by atoms with Gasteiger partial charge >= 0.3 is 0 Å². The van der Waals surface area contributed by atoms with Crippen LogP contribution in [0.15, 0.2) is 91.2 Å². The van der Waals surface area contributed by atoms with Crippen LogP contribution < -0.4 is 25.1 Å². The van der Waals surface area contributed by atoms with Crippen LogP contribution in [0.5, 0.6) is 34.5 Å². The molecule has 2 aromatic heterocycles. The minimum Gasteiger partial charge on any atom is -0.508 e. The largest absolute Gasteiger partial charge is 0.508 e. The summed E-state index contributed by atoms with van der Waals surface area (Å²) in [7, 11) is 4.25. The van der Waals surface area contributed by atoms with Crippen molar-refractivity contribution in [2.45, 2.75) is 0 Å². The molecule has 0 unspecified atom stereocenters. The second-order valence-electron chi connectivity index (χ2n) is 9.58. The Morgan fingerprint density at radius 3 is 1.77 bits per heavy atom. The van der Waals surface area contributed by atoms with Gasteiger partial charge in [0, 0.05) is 35.4 Å². The highest BCUT2D eigenvalue weighted by Crippen LogP contribution is 2.50. The molecule has 4 aromatic carbocycles. The number of hydrogen-bond donors (Lipinski definition) is 3. The summed E-state index contributed by atoms with van der Waals surface area (Å²) in [6.07, 6.45) is 0. The van der Waals surface area contributed by atoms with Crippen LogP contribution in [-0.2, 0) is 0 Å². The summed E-state index contributed by atoms with van der Waals surface area (Å²) in [5, 5.41) is 31.8. The summed E-state index contributed by atoms with van der Waals surface area (Å²) >= 11 is 0. The zero-order valence-electron chi connectivity index (χ0n) is 23.1. The molecule has 0 spiro atoms. The van der Waals surface area contributed by atoms with Crippen LogP contribution in [0.4, 0.5) is 0 Å². The number of aromatic hydroxyl groups is 3. The Hall–Kier alpha value is -5.90. The molecule has 216 valence electrons. The van der Waals surface area contributed by atoms with E-state index in [-0.39, 0.29) is 61.8 Å². The fourth-order valence-electron chi connectivity index (χ4n) is 5.04. The van der Waals surface area contributed by atoms with Crippen molar-refractivity contribution in [1.82, 2.24) is 0 Å². The summed E-state index contributed by atoms with van der Waals surface area (Å²) in [6, 6.07) is 18.0. The molecule has 10 heteroatoms. The zero-order valence-corrected chi connectivity index (χ0v) is 23.1. The lowest BCUT2D eigenvalue weighted by atomic mass is 9.96. The lowest BCUT2D eigenvalue weighted by molar-refractivity contribution is 0.402. The maximum atomic E-state index is 13.4. The molecule has 0 aliphatic carbocycles. The van der Waals surface area contributed by atoms with Gasteiger partial charge in [-0.15, -0.1) is 0 Å². The number of hydrogen-bond acceptors (Lipinski definition) is 10. The number of rotatable bonds is 6. The predicted octanol–water partition coefficient (Wildman–Crippen LogP) is 6.04. The molecule has 0 saturated carbocycles. The van der Waals surface area contributed by atoms with Gasteiger partial charge < -0.3 is 38.4 Å². The van der Waals surface area contributed by atoms with E-state index in [1.54, 1.807) is 43.5 Å². The van der Waals surface area contributed by atoms with Crippen molar-refractivity contribution in [3.8, 4) is 68.3 Å². The van der Waals surface area contributed by atoms with Crippen molar-refractivity contribution in [2.75, 3.05) is 21.3 Å². The summed E-state index contributed by atoms with van der Waals surface area (Å²) in [5.41, 5.74) is -0.0847. The second kappa shape index (κ2) is 10.5. The van der Waals surface area contributed by atoms with Crippen molar-refractivity contribution in [3.63, 3.8) is 0 Å². The SMILES string of the molecule is COc1ccc(-c2cc(=O)c3c(O)c(-c4c(OC)cc(O)c5c(=O)cc(-c6ccc(O)cc6)oc45)c(OC)cc3o2)cc1. The topological polar surface area (TPSA) is 149 Å². The van der Waals surface area contributed by atoms with Gasteiger partial charge in [-0.1, -0.05) is 0 Å². The molecule has 2 heterocycles. The van der Waals surface area contributed by atoms with Gasteiger partial charge in [0.25, 0.3) is 0 Å². The van der Waals surface area contributed by atoms with E-state index in [0.717, 1.165) is 0 Å². The standard InChI is InChI=1S/C33H24O10/c1-39-19-10-6-17(7-11-19)23-13-22(37)29-27(42-23)15-26(41-3)30(32(29)38)31-25(40-2)14-21(36)28-20(35)12-24(43-33(28)31)16-4-8-18(34)9-5-16/h4-15,34,36,38H,1-3H3. The van der Waals surface area contributed by atoms with E-state index in [1.807, 2.05) is 0 Å². The second-order valence-corrected chi connectivity index (χ2v) is 9.58. The smallest absolute Gasteiger partial charge is 0.197 e. The quantitative estimate of drug-likeness (QED) is 0.213. The Bertz CT molecular complexity index is 2140. The van der Waals surface area contributed by atoms with Crippen LogP contribution in [0.25, 0.3) is 55.7 Å². The Balaban J connectivity index is 1.66. The molecule has 0 aliphatic heterocycles. The maximum absolute atomic E-state index is 13.4. The molecule has 0 bridgehead atoms. The highest BCUT2D eigenvalue weighted by Gasteiger charge is 2.28. The monoisotopic (exact) mass is 580 g/mol. The molecule has 0 saturated heterocycles. The molecule has 6 aromatic rings. The number of phenolic OH excluding ortho intramolecular Hbond substituents is 3. The minimum atomic E-state index is -0.575. The van der Waals surface area contributed by atoms with Gasteiger partial charge in [0.2, 0.25) is 0 Å². The molecular weight excluding hydrogens is 556 g/mol. The van der Waals surface area contributed by atoms with Gasteiger partial charge in [-0.3, -0.25) is 9.59 Å². The third-order valence-corrected chi connectivity index (χ3v) is 7.12. The van der Waals surface area contributed by atoms with E-state index in [1.165, 1.54) is 50.6 Å². The Labute approximate surface area is 243 Å². The number of phenols is 3. The van der Waals surface area contributed by atoms with E-state index < -0.39 is 22.4 Å². The molecule has 0 amide bonds. The van der Waals surface area contributed by atoms with Gasteiger partial charge in [0.05, 0.1) is 32.5 Å². The highest BCUT2D eigenvalue weighted by molar-refractivity contribution is 6.06. The zero-order chi connectivity index (χ0) is 30.4. The molecule has 0 radical (unpaired) electrons. The molecule has 0 aliphatic rings. The molecular formula is C33H24O10. The summed E-state index contributed by atoms with van der Waals surface area (Å²) in [5.74, 6) is 0.210. The predicted molar refractivity (Wildman–Crippen MR) is 159 cm³/mol. The van der Waals surface area contributed by atoms with Gasteiger partial charge in [-0.2, -0.15) is 0 Å².